The number of oxazole rings is 1. The van der Waals surface area contributed by atoms with Crippen LogP contribution in [0.3, 0.4) is 0 Å². The second-order valence-corrected chi connectivity index (χ2v) is 5.16. The van der Waals surface area contributed by atoms with E-state index in [0.29, 0.717) is 0 Å². The first kappa shape index (κ1) is 14.8. The van der Waals surface area contributed by atoms with Crippen molar-refractivity contribution in [1.82, 2.24) is 4.98 Å². The normalized spacial score (nSPS) is 13.3. The van der Waals surface area contributed by atoms with E-state index in [1.165, 1.54) is 0 Å². The molecule has 0 aliphatic carbocycles. The lowest BCUT2D eigenvalue weighted by molar-refractivity contribution is -0.109. The van der Waals surface area contributed by atoms with Crippen LogP contribution in [0.1, 0.15) is 32.6 Å². The third-order valence-corrected chi connectivity index (χ3v) is 3.17. The highest BCUT2D eigenvalue weighted by atomic mass is 16.7. The summed E-state index contributed by atoms with van der Waals surface area (Å²) in [5.41, 5.74) is 2.63. The summed E-state index contributed by atoms with van der Waals surface area (Å²) in [5.74, 6) is 1.04. The molecule has 0 spiro atoms. The number of nitrogens with zero attached hydrogens (tertiary/aromatic N) is 1. The second kappa shape index (κ2) is 6.24. The Hall–Kier alpha value is -1.59. The highest BCUT2D eigenvalue weighted by molar-refractivity contribution is 5.77. The smallest absolute Gasteiger partial charge is 0.198 e. The van der Waals surface area contributed by atoms with Gasteiger partial charge >= 0.3 is 0 Å². The molecule has 0 aliphatic rings. The molecule has 0 saturated heterocycles. The lowest BCUT2D eigenvalue weighted by Crippen LogP contribution is -2.33. The molecule has 0 amide bonds. The molecule has 1 aromatic carbocycles. The van der Waals surface area contributed by atoms with Crippen LogP contribution in [0, 0.1) is 0 Å². The minimum absolute atomic E-state index is 0.0268. The molecule has 0 fully saturated rings. The molecule has 0 radical (unpaired) electrons. The molecule has 1 unspecified atom stereocenters. The van der Waals surface area contributed by atoms with Gasteiger partial charge in [-0.05, 0) is 25.1 Å². The number of hydrogen-bond donors (Lipinski definition) is 1. The molecular weight excluding hydrogens is 256 g/mol. The number of anilines is 1. The third-order valence-electron chi connectivity index (χ3n) is 3.17. The largest absolute Gasteiger partial charge is 0.440 e. The van der Waals surface area contributed by atoms with Crippen LogP contribution in [0.5, 0.6) is 0 Å². The number of ether oxygens (including phenoxy) is 2. The lowest BCUT2D eigenvalue weighted by atomic mass is 10.2. The maximum absolute atomic E-state index is 5.69. The summed E-state index contributed by atoms with van der Waals surface area (Å²) in [7, 11) is 3.25. The first-order valence-electron chi connectivity index (χ1n) is 6.77. The predicted molar refractivity (Wildman–Crippen MR) is 79.0 cm³/mol. The molecule has 5 nitrogen and oxygen atoms in total. The number of nitrogens with one attached hydrogen (secondary N) is 1. The van der Waals surface area contributed by atoms with E-state index in [2.05, 4.69) is 24.1 Å². The maximum Gasteiger partial charge on any atom is 0.198 e. The highest BCUT2D eigenvalue weighted by Crippen LogP contribution is 2.24. The standard InChI is InChI=1S/C15H22N2O3/c1-9(2)14-17-12-8-11(6-7-13(12)20-14)16-10(3)15(18-4)19-5/h6-10,15-16H,1-5H3. The molecule has 0 saturated carbocycles. The summed E-state index contributed by atoms with van der Waals surface area (Å²) < 4.78 is 16.2. The van der Waals surface area contributed by atoms with Gasteiger partial charge in [-0.25, -0.2) is 4.98 Å². The van der Waals surface area contributed by atoms with E-state index in [1.807, 2.05) is 25.1 Å². The summed E-state index contributed by atoms with van der Waals surface area (Å²) in [6.07, 6.45) is -0.297. The molecule has 0 aliphatic heterocycles. The van der Waals surface area contributed by atoms with Gasteiger partial charge in [-0.1, -0.05) is 13.8 Å². The van der Waals surface area contributed by atoms with Crippen LogP contribution in [0.25, 0.3) is 11.1 Å². The van der Waals surface area contributed by atoms with E-state index >= 15 is 0 Å². The van der Waals surface area contributed by atoms with Crippen LogP contribution in [0.4, 0.5) is 5.69 Å². The Balaban J connectivity index is 2.19. The van der Waals surface area contributed by atoms with Crippen molar-refractivity contribution in [1.29, 1.82) is 0 Å². The first-order valence-corrected chi connectivity index (χ1v) is 6.77. The topological polar surface area (TPSA) is 56.5 Å². The average Bonchev–Trinajstić information content (AvgIpc) is 2.83. The Morgan fingerprint density at radius 2 is 1.85 bits per heavy atom. The molecule has 2 rings (SSSR count). The van der Waals surface area contributed by atoms with Crippen molar-refractivity contribution in [3.05, 3.63) is 24.1 Å². The van der Waals surface area contributed by atoms with Crippen LogP contribution in [0.2, 0.25) is 0 Å². The van der Waals surface area contributed by atoms with Crippen molar-refractivity contribution < 1.29 is 13.9 Å². The fraction of sp³-hybridized carbons (Fsp3) is 0.533. The van der Waals surface area contributed by atoms with Gasteiger partial charge in [0, 0.05) is 25.8 Å². The third kappa shape index (κ3) is 3.11. The number of fused-ring (bicyclic) bond motifs is 1. The Labute approximate surface area is 119 Å². The molecule has 0 bridgehead atoms. The quantitative estimate of drug-likeness (QED) is 0.821. The zero-order valence-electron chi connectivity index (χ0n) is 12.6. The van der Waals surface area contributed by atoms with E-state index in [4.69, 9.17) is 13.9 Å². The molecule has 1 heterocycles. The van der Waals surface area contributed by atoms with Crippen LogP contribution in [0.15, 0.2) is 22.6 Å². The molecule has 1 N–H and O–H groups in total. The zero-order chi connectivity index (χ0) is 14.7. The van der Waals surface area contributed by atoms with Crippen LogP contribution in [-0.2, 0) is 9.47 Å². The van der Waals surface area contributed by atoms with Crippen molar-refractivity contribution in [3.63, 3.8) is 0 Å². The van der Waals surface area contributed by atoms with Crippen molar-refractivity contribution in [2.75, 3.05) is 19.5 Å². The van der Waals surface area contributed by atoms with Gasteiger partial charge in [0.1, 0.15) is 5.52 Å². The molecule has 110 valence electrons. The maximum atomic E-state index is 5.69. The van der Waals surface area contributed by atoms with Crippen LogP contribution < -0.4 is 5.32 Å². The SMILES string of the molecule is COC(OC)C(C)Nc1ccc2oc(C(C)C)nc2c1. The first-order chi connectivity index (χ1) is 9.55. The summed E-state index contributed by atoms with van der Waals surface area (Å²) in [6.45, 7) is 6.13. The molecule has 2 aromatic rings. The minimum atomic E-state index is -0.297. The number of methoxy groups -OCH3 is 2. The van der Waals surface area contributed by atoms with Crippen LogP contribution in [-0.4, -0.2) is 31.5 Å². The Kier molecular flexibility index (Phi) is 4.62. The van der Waals surface area contributed by atoms with E-state index in [-0.39, 0.29) is 18.2 Å². The molecular formula is C15H22N2O3. The summed E-state index contributed by atoms with van der Waals surface area (Å²) in [5, 5.41) is 3.34. The van der Waals surface area contributed by atoms with E-state index in [0.717, 1.165) is 22.7 Å². The Morgan fingerprint density at radius 1 is 1.15 bits per heavy atom. The second-order valence-electron chi connectivity index (χ2n) is 5.16. The van der Waals surface area contributed by atoms with Gasteiger partial charge in [-0.3, -0.25) is 0 Å². The zero-order valence-corrected chi connectivity index (χ0v) is 12.6. The fourth-order valence-electron chi connectivity index (χ4n) is 2.12. The molecule has 1 aromatic heterocycles. The van der Waals surface area contributed by atoms with Gasteiger partial charge in [0.25, 0.3) is 0 Å². The van der Waals surface area contributed by atoms with Crippen molar-refractivity contribution in [2.24, 2.45) is 0 Å². The van der Waals surface area contributed by atoms with Gasteiger partial charge in [0.15, 0.2) is 17.8 Å². The van der Waals surface area contributed by atoms with E-state index < -0.39 is 0 Å². The minimum Gasteiger partial charge on any atom is -0.440 e. The number of benzene rings is 1. The summed E-state index contributed by atoms with van der Waals surface area (Å²) in [4.78, 5) is 4.50. The Morgan fingerprint density at radius 3 is 2.45 bits per heavy atom. The molecule has 5 heteroatoms. The summed E-state index contributed by atoms with van der Waals surface area (Å²) >= 11 is 0. The average molecular weight is 278 g/mol. The number of hydrogen-bond acceptors (Lipinski definition) is 5. The number of rotatable bonds is 6. The number of aromatic nitrogens is 1. The molecule has 1 atom stereocenters. The van der Waals surface area contributed by atoms with Crippen LogP contribution >= 0.6 is 0 Å². The molecule has 20 heavy (non-hydrogen) atoms. The summed E-state index contributed by atoms with van der Waals surface area (Å²) in [6, 6.07) is 5.90. The lowest BCUT2D eigenvalue weighted by Gasteiger charge is -2.22. The van der Waals surface area contributed by atoms with Crippen molar-refractivity contribution in [3.8, 4) is 0 Å². The van der Waals surface area contributed by atoms with Gasteiger partial charge < -0.3 is 19.2 Å². The van der Waals surface area contributed by atoms with E-state index in [9.17, 15) is 0 Å². The van der Waals surface area contributed by atoms with Gasteiger partial charge in [-0.2, -0.15) is 0 Å². The predicted octanol–water partition coefficient (Wildman–Crippen LogP) is 3.37. The van der Waals surface area contributed by atoms with Crippen molar-refractivity contribution >= 4 is 16.8 Å². The van der Waals surface area contributed by atoms with Crippen molar-refractivity contribution in [2.45, 2.75) is 39.0 Å². The fourth-order valence-corrected chi connectivity index (χ4v) is 2.12. The Bertz CT molecular complexity index is 561. The van der Waals surface area contributed by atoms with Gasteiger partial charge in [-0.15, -0.1) is 0 Å². The van der Waals surface area contributed by atoms with Gasteiger partial charge in [0.05, 0.1) is 6.04 Å². The van der Waals surface area contributed by atoms with E-state index in [1.54, 1.807) is 14.2 Å². The monoisotopic (exact) mass is 278 g/mol. The van der Waals surface area contributed by atoms with Gasteiger partial charge in [0.2, 0.25) is 0 Å². The highest BCUT2D eigenvalue weighted by Gasteiger charge is 2.16.